The summed E-state index contributed by atoms with van der Waals surface area (Å²) in [6, 6.07) is 7.27. The normalized spacial score (nSPS) is 15.3. The lowest BCUT2D eigenvalue weighted by molar-refractivity contribution is 0.0767. The number of carbonyl (C=O) groups excluding carboxylic acids is 1. The zero-order chi connectivity index (χ0) is 13.9. The average Bonchev–Trinajstić information content (AvgIpc) is 2.97. The highest BCUT2D eigenvalue weighted by Crippen LogP contribution is 2.24. The third-order valence-corrected chi connectivity index (χ3v) is 4.32. The molecule has 3 rings (SSSR count). The molecule has 0 unspecified atom stereocenters. The van der Waals surface area contributed by atoms with E-state index >= 15 is 0 Å². The van der Waals surface area contributed by atoms with Crippen molar-refractivity contribution < 1.29 is 4.79 Å². The lowest BCUT2D eigenvalue weighted by Gasteiger charge is -2.25. The standard InChI is InChI=1S/C13H13ClN4OS/c14-10-3-1-2-9(8-10)11-12(16-17-15-11)13(19)18-4-6-20-7-5-18/h1-3,8H,4-7H2,(H,15,16,17). The molecule has 2 heterocycles. The first-order valence-corrected chi connectivity index (χ1v) is 7.82. The zero-order valence-electron chi connectivity index (χ0n) is 10.7. The smallest absolute Gasteiger partial charge is 0.276 e. The van der Waals surface area contributed by atoms with Crippen molar-refractivity contribution in [1.82, 2.24) is 20.3 Å². The van der Waals surface area contributed by atoms with E-state index in [1.54, 1.807) is 12.1 Å². The summed E-state index contributed by atoms with van der Waals surface area (Å²) in [5.41, 5.74) is 1.70. The molecule has 0 aliphatic carbocycles. The van der Waals surface area contributed by atoms with Gasteiger partial charge in [0.1, 0.15) is 5.69 Å². The molecule has 0 spiro atoms. The summed E-state index contributed by atoms with van der Waals surface area (Å²) in [4.78, 5) is 14.3. The molecule has 1 aliphatic heterocycles. The number of thioether (sulfide) groups is 1. The molecule has 0 radical (unpaired) electrons. The summed E-state index contributed by atoms with van der Waals surface area (Å²) in [5, 5.41) is 11.3. The van der Waals surface area contributed by atoms with E-state index in [0.29, 0.717) is 16.4 Å². The van der Waals surface area contributed by atoms with Crippen LogP contribution in [0.5, 0.6) is 0 Å². The van der Waals surface area contributed by atoms with Gasteiger partial charge in [-0.3, -0.25) is 4.79 Å². The SMILES string of the molecule is O=C(c1n[nH]nc1-c1cccc(Cl)c1)N1CCSCC1. The van der Waals surface area contributed by atoms with E-state index in [0.717, 1.165) is 30.2 Å². The molecule has 2 aromatic rings. The van der Waals surface area contributed by atoms with Gasteiger partial charge in [-0.2, -0.15) is 27.2 Å². The van der Waals surface area contributed by atoms with Gasteiger partial charge in [-0.05, 0) is 12.1 Å². The highest BCUT2D eigenvalue weighted by Gasteiger charge is 2.24. The van der Waals surface area contributed by atoms with E-state index < -0.39 is 0 Å². The van der Waals surface area contributed by atoms with E-state index in [4.69, 9.17) is 11.6 Å². The molecule has 1 amide bonds. The van der Waals surface area contributed by atoms with Crippen molar-refractivity contribution >= 4 is 29.3 Å². The van der Waals surface area contributed by atoms with Crippen molar-refractivity contribution in [1.29, 1.82) is 0 Å². The summed E-state index contributed by atoms with van der Waals surface area (Å²) in [5.74, 6) is 1.86. The molecule has 0 saturated carbocycles. The summed E-state index contributed by atoms with van der Waals surface area (Å²) >= 11 is 7.85. The van der Waals surface area contributed by atoms with E-state index in [1.165, 1.54) is 0 Å². The second-order valence-electron chi connectivity index (χ2n) is 4.44. The number of H-pyrrole nitrogens is 1. The maximum Gasteiger partial charge on any atom is 0.276 e. The summed E-state index contributed by atoms with van der Waals surface area (Å²) < 4.78 is 0. The largest absolute Gasteiger partial charge is 0.336 e. The first-order chi connectivity index (χ1) is 9.75. The van der Waals surface area contributed by atoms with E-state index in [1.807, 2.05) is 28.8 Å². The highest BCUT2D eigenvalue weighted by molar-refractivity contribution is 7.99. The minimum atomic E-state index is -0.0750. The molecule has 1 aromatic carbocycles. The van der Waals surface area contributed by atoms with Gasteiger partial charge >= 0.3 is 0 Å². The quantitative estimate of drug-likeness (QED) is 0.925. The van der Waals surface area contributed by atoms with Crippen molar-refractivity contribution in [2.75, 3.05) is 24.6 Å². The van der Waals surface area contributed by atoms with Gasteiger partial charge in [0.25, 0.3) is 5.91 Å². The minimum Gasteiger partial charge on any atom is -0.336 e. The van der Waals surface area contributed by atoms with Crippen LogP contribution in [0.2, 0.25) is 5.02 Å². The number of aromatic nitrogens is 3. The minimum absolute atomic E-state index is 0.0750. The maximum atomic E-state index is 12.5. The molecule has 1 aliphatic rings. The fraction of sp³-hybridized carbons (Fsp3) is 0.308. The van der Waals surface area contributed by atoms with Crippen LogP contribution in [0.15, 0.2) is 24.3 Å². The Morgan fingerprint density at radius 3 is 2.85 bits per heavy atom. The van der Waals surface area contributed by atoms with Crippen LogP contribution < -0.4 is 0 Å². The number of rotatable bonds is 2. The molecule has 0 bridgehead atoms. The predicted molar refractivity (Wildman–Crippen MR) is 80.1 cm³/mol. The molecular weight excluding hydrogens is 296 g/mol. The van der Waals surface area contributed by atoms with Crippen LogP contribution in [-0.2, 0) is 0 Å². The number of carbonyl (C=O) groups is 1. The maximum absolute atomic E-state index is 12.5. The Morgan fingerprint density at radius 1 is 1.30 bits per heavy atom. The number of nitrogens with one attached hydrogen (secondary N) is 1. The van der Waals surface area contributed by atoms with Crippen LogP contribution in [0.3, 0.4) is 0 Å². The fourth-order valence-corrected chi connectivity index (χ4v) is 3.23. The fourth-order valence-electron chi connectivity index (χ4n) is 2.13. The van der Waals surface area contributed by atoms with E-state index in [-0.39, 0.29) is 5.91 Å². The van der Waals surface area contributed by atoms with Gasteiger partial charge < -0.3 is 4.90 Å². The second kappa shape index (κ2) is 5.85. The summed E-state index contributed by atoms with van der Waals surface area (Å²) in [6.45, 7) is 1.51. The molecular formula is C13H13ClN4OS. The molecule has 1 N–H and O–H groups in total. The molecule has 1 aromatic heterocycles. The highest BCUT2D eigenvalue weighted by atomic mass is 35.5. The topological polar surface area (TPSA) is 61.9 Å². The molecule has 20 heavy (non-hydrogen) atoms. The molecule has 0 atom stereocenters. The molecule has 1 saturated heterocycles. The number of halogens is 1. The van der Waals surface area contributed by atoms with Crippen LogP contribution in [0.1, 0.15) is 10.5 Å². The number of nitrogens with zero attached hydrogens (tertiary/aromatic N) is 3. The Labute approximate surface area is 125 Å². The van der Waals surface area contributed by atoms with Gasteiger partial charge in [0.15, 0.2) is 5.69 Å². The lowest BCUT2D eigenvalue weighted by Crippen LogP contribution is -2.38. The Morgan fingerprint density at radius 2 is 2.10 bits per heavy atom. The zero-order valence-corrected chi connectivity index (χ0v) is 12.2. The van der Waals surface area contributed by atoms with Gasteiger partial charge in [-0.15, -0.1) is 0 Å². The molecule has 104 valence electrons. The van der Waals surface area contributed by atoms with Crippen LogP contribution in [-0.4, -0.2) is 50.8 Å². The van der Waals surface area contributed by atoms with Gasteiger partial charge in [0, 0.05) is 35.2 Å². The number of benzene rings is 1. The number of hydrogen-bond acceptors (Lipinski definition) is 4. The van der Waals surface area contributed by atoms with Crippen molar-refractivity contribution in [2.45, 2.75) is 0 Å². The van der Waals surface area contributed by atoms with Crippen LogP contribution in [0.4, 0.5) is 0 Å². The van der Waals surface area contributed by atoms with Crippen molar-refractivity contribution in [3.63, 3.8) is 0 Å². The molecule has 7 heteroatoms. The van der Waals surface area contributed by atoms with E-state index in [9.17, 15) is 4.79 Å². The third-order valence-electron chi connectivity index (χ3n) is 3.15. The number of aromatic amines is 1. The van der Waals surface area contributed by atoms with Crippen LogP contribution >= 0.6 is 23.4 Å². The summed E-state index contributed by atoms with van der Waals surface area (Å²) in [7, 11) is 0. The lowest BCUT2D eigenvalue weighted by atomic mass is 10.1. The first kappa shape index (κ1) is 13.5. The van der Waals surface area contributed by atoms with Gasteiger partial charge in [0.05, 0.1) is 0 Å². The van der Waals surface area contributed by atoms with Gasteiger partial charge in [-0.1, -0.05) is 23.7 Å². The molecule has 1 fully saturated rings. The van der Waals surface area contributed by atoms with E-state index in [2.05, 4.69) is 15.4 Å². The average molecular weight is 309 g/mol. The Kier molecular flexibility index (Phi) is 3.93. The van der Waals surface area contributed by atoms with Gasteiger partial charge in [0.2, 0.25) is 0 Å². The summed E-state index contributed by atoms with van der Waals surface area (Å²) in [6.07, 6.45) is 0. The Hall–Kier alpha value is -1.53. The predicted octanol–water partition coefficient (Wildman–Crippen LogP) is 2.31. The number of amides is 1. The van der Waals surface area contributed by atoms with Crippen molar-refractivity contribution in [3.05, 3.63) is 35.0 Å². The Balaban J connectivity index is 1.91. The number of hydrogen-bond donors (Lipinski definition) is 1. The first-order valence-electron chi connectivity index (χ1n) is 6.29. The second-order valence-corrected chi connectivity index (χ2v) is 6.10. The van der Waals surface area contributed by atoms with Gasteiger partial charge in [-0.25, -0.2) is 0 Å². The van der Waals surface area contributed by atoms with Crippen LogP contribution in [0, 0.1) is 0 Å². The monoisotopic (exact) mass is 308 g/mol. The molecule has 5 nitrogen and oxygen atoms in total. The Bertz CT molecular complexity index is 624. The van der Waals surface area contributed by atoms with Crippen molar-refractivity contribution in [3.8, 4) is 11.3 Å². The van der Waals surface area contributed by atoms with Crippen molar-refractivity contribution in [2.24, 2.45) is 0 Å². The third kappa shape index (κ3) is 2.66. The van der Waals surface area contributed by atoms with Crippen LogP contribution in [0.25, 0.3) is 11.3 Å².